The van der Waals surface area contributed by atoms with Gasteiger partial charge in [0.25, 0.3) is 5.91 Å². The molecule has 8 heteroatoms. The Labute approximate surface area is 149 Å². The predicted octanol–water partition coefficient (Wildman–Crippen LogP) is 2.01. The lowest BCUT2D eigenvalue weighted by molar-refractivity contribution is -0.137. The summed E-state index contributed by atoms with van der Waals surface area (Å²) in [6.07, 6.45) is 0.258. The minimum absolute atomic E-state index is 0.0448. The maximum atomic E-state index is 12.6. The molecule has 1 unspecified atom stereocenters. The molecule has 1 rings (SSSR count). The van der Waals surface area contributed by atoms with Gasteiger partial charge in [0.15, 0.2) is 0 Å². The Hall–Kier alpha value is -1.93. The first-order chi connectivity index (χ1) is 11.6. The van der Waals surface area contributed by atoms with Crippen molar-refractivity contribution in [1.29, 1.82) is 0 Å². The number of nitrogens with zero attached hydrogens (tertiary/aromatic N) is 1. The van der Waals surface area contributed by atoms with Gasteiger partial charge in [0.1, 0.15) is 0 Å². The summed E-state index contributed by atoms with van der Waals surface area (Å²) in [6, 6.07) is 4.15. The van der Waals surface area contributed by atoms with Crippen LogP contribution in [-0.4, -0.2) is 48.8 Å². The van der Waals surface area contributed by atoms with E-state index < -0.39 is 21.9 Å². The number of hydrogen-bond donors (Lipinski definition) is 2. The maximum Gasteiger partial charge on any atom is 0.303 e. The van der Waals surface area contributed by atoms with Crippen molar-refractivity contribution in [2.45, 2.75) is 51.5 Å². The van der Waals surface area contributed by atoms with Crippen molar-refractivity contribution in [3.63, 3.8) is 0 Å². The fourth-order valence-electron chi connectivity index (χ4n) is 2.43. The number of rotatable bonds is 9. The lowest BCUT2D eigenvalue weighted by Crippen LogP contribution is -2.34. The average molecular weight is 370 g/mol. The SMILES string of the molecule is CCN(CC)S(=O)(=O)c1ccc(C)c(C(=O)NC(C)CCC(=O)O)c1. The van der Waals surface area contributed by atoms with Gasteiger partial charge in [0.05, 0.1) is 4.90 Å². The molecule has 140 valence electrons. The molecule has 0 aliphatic heterocycles. The van der Waals surface area contributed by atoms with Crippen molar-refractivity contribution in [3.8, 4) is 0 Å². The molecule has 0 bridgehead atoms. The summed E-state index contributed by atoms with van der Waals surface area (Å²) in [5, 5.41) is 11.4. The minimum Gasteiger partial charge on any atom is -0.481 e. The van der Waals surface area contributed by atoms with Gasteiger partial charge >= 0.3 is 5.97 Å². The van der Waals surface area contributed by atoms with Crippen LogP contribution >= 0.6 is 0 Å². The fourth-order valence-corrected chi connectivity index (χ4v) is 3.92. The van der Waals surface area contributed by atoms with Gasteiger partial charge in [0.2, 0.25) is 10.0 Å². The van der Waals surface area contributed by atoms with Crippen LogP contribution in [0.25, 0.3) is 0 Å². The normalized spacial score (nSPS) is 12.8. The van der Waals surface area contributed by atoms with Gasteiger partial charge in [-0.2, -0.15) is 4.31 Å². The molecule has 1 amide bonds. The van der Waals surface area contributed by atoms with Crippen molar-refractivity contribution < 1.29 is 23.1 Å². The Morgan fingerprint density at radius 1 is 1.24 bits per heavy atom. The summed E-state index contributed by atoms with van der Waals surface area (Å²) >= 11 is 0. The summed E-state index contributed by atoms with van der Waals surface area (Å²) in [7, 11) is -3.65. The van der Waals surface area contributed by atoms with E-state index >= 15 is 0 Å². The third kappa shape index (κ3) is 5.54. The van der Waals surface area contributed by atoms with E-state index in [9.17, 15) is 18.0 Å². The molecule has 0 radical (unpaired) electrons. The molecule has 0 saturated carbocycles. The number of aryl methyl sites for hydroxylation is 1. The Morgan fingerprint density at radius 2 is 1.84 bits per heavy atom. The number of benzene rings is 1. The van der Waals surface area contributed by atoms with Crippen molar-refractivity contribution in [1.82, 2.24) is 9.62 Å². The molecule has 0 aliphatic rings. The van der Waals surface area contributed by atoms with Crippen molar-refractivity contribution in [2.75, 3.05) is 13.1 Å². The number of carboxylic acids is 1. The van der Waals surface area contributed by atoms with Gasteiger partial charge in [-0.1, -0.05) is 19.9 Å². The third-order valence-electron chi connectivity index (χ3n) is 3.97. The van der Waals surface area contributed by atoms with Gasteiger partial charge in [-0.3, -0.25) is 9.59 Å². The van der Waals surface area contributed by atoms with Crippen LogP contribution in [0.4, 0.5) is 0 Å². The monoisotopic (exact) mass is 370 g/mol. The molecule has 7 nitrogen and oxygen atoms in total. The van der Waals surface area contributed by atoms with Crippen LogP contribution in [0.3, 0.4) is 0 Å². The Balaban J connectivity index is 3.05. The highest BCUT2D eigenvalue weighted by atomic mass is 32.2. The van der Waals surface area contributed by atoms with Crippen LogP contribution in [0.15, 0.2) is 23.1 Å². The van der Waals surface area contributed by atoms with E-state index in [1.54, 1.807) is 33.8 Å². The summed E-state index contributed by atoms with van der Waals surface area (Å²) < 4.78 is 26.5. The summed E-state index contributed by atoms with van der Waals surface area (Å²) in [6.45, 7) is 7.65. The topological polar surface area (TPSA) is 104 Å². The van der Waals surface area contributed by atoms with Gasteiger partial charge in [-0.05, 0) is 38.0 Å². The standard InChI is InChI=1S/C17H26N2O5S/c1-5-19(6-2)25(23,24)14-9-7-12(3)15(11-14)17(22)18-13(4)8-10-16(20)21/h7,9,11,13H,5-6,8,10H2,1-4H3,(H,18,22)(H,20,21). The lowest BCUT2D eigenvalue weighted by Gasteiger charge is -2.19. The lowest BCUT2D eigenvalue weighted by atomic mass is 10.1. The maximum absolute atomic E-state index is 12.6. The van der Waals surface area contributed by atoms with Gasteiger partial charge < -0.3 is 10.4 Å². The van der Waals surface area contributed by atoms with E-state index in [-0.39, 0.29) is 22.9 Å². The molecule has 0 fully saturated rings. The zero-order valence-electron chi connectivity index (χ0n) is 15.1. The third-order valence-corrected chi connectivity index (χ3v) is 6.01. The second-order valence-electron chi connectivity index (χ2n) is 5.87. The van der Waals surface area contributed by atoms with Gasteiger partial charge in [-0.15, -0.1) is 0 Å². The van der Waals surface area contributed by atoms with Crippen LogP contribution in [0.5, 0.6) is 0 Å². The van der Waals surface area contributed by atoms with E-state index in [1.807, 2.05) is 0 Å². The molecule has 0 saturated heterocycles. The molecule has 2 N–H and O–H groups in total. The summed E-state index contributed by atoms with van der Waals surface area (Å²) in [5.74, 6) is -1.34. The minimum atomic E-state index is -3.65. The molecule has 0 aliphatic carbocycles. The van der Waals surface area contributed by atoms with Crippen LogP contribution in [0.1, 0.15) is 49.5 Å². The molecular weight excluding hydrogens is 344 g/mol. The number of nitrogens with one attached hydrogen (secondary N) is 1. The first-order valence-electron chi connectivity index (χ1n) is 8.26. The van der Waals surface area contributed by atoms with Gasteiger partial charge in [-0.25, -0.2) is 8.42 Å². The van der Waals surface area contributed by atoms with E-state index in [0.717, 1.165) is 0 Å². The van der Waals surface area contributed by atoms with E-state index in [1.165, 1.54) is 16.4 Å². The fraction of sp³-hybridized carbons (Fsp3) is 0.529. The summed E-state index contributed by atoms with van der Waals surface area (Å²) in [5.41, 5.74) is 0.928. The highest BCUT2D eigenvalue weighted by Crippen LogP contribution is 2.20. The zero-order valence-corrected chi connectivity index (χ0v) is 15.9. The molecule has 1 aromatic carbocycles. The summed E-state index contributed by atoms with van der Waals surface area (Å²) in [4.78, 5) is 23.1. The van der Waals surface area contributed by atoms with Crippen molar-refractivity contribution >= 4 is 21.9 Å². The molecule has 0 spiro atoms. The second kappa shape index (κ2) is 8.96. The van der Waals surface area contributed by atoms with Crippen molar-refractivity contribution in [3.05, 3.63) is 29.3 Å². The molecule has 1 atom stereocenters. The zero-order chi connectivity index (χ0) is 19.2. The Kier molecular flexibility index (Phi) is 7.57. The van der Waals surface area contributed by atoms with Crippen LogP contribution < -0.4 is 5.32 Å². The average Bonchev–Trinajstić information content (AvgIpc) is 2.53. The van der Waals surface area contributed by atoms with Crippen LogP contribution in [0.2, 0.25) is 0 Å². The Morgan fingerprint density at radius 3 is 2.36 bits per heavy atom. The number of carbonyl (C=O) groups is 2. The molecule has 0 heterocycles. The number of carboxylic acid groups (broad SMARTS) is 1. The first kappa shape index (κ1) is 21.1. The quantitative estimate of drug-likeness (QED) is 0.692. The van der Waals surface area contributed by atoms with E-state index in [0.29, 0.717) is 25.1 Å². The molecule has 25 heavy (non-hydrogen) atoms. The molecular formula is C17H26N2O5S. The smallest absolute Gasteiger partial charge is 0.303 e. The highest BCUT2D eigenvalue weighted by molar-refractivity contribution is 7.89. The van der Waals surface area contributed by atoms with E-state index in [4.69, 9.17) is 5.11 Å². The predicted molar refractivity (Wildman–Crippen MR) is 95.1 cm³/mol. The molecule has 0 aromatic heterocycles. The Bertz CT molecular complexity index is 727. The molecule has 1 aromatic rings. The van der Waals surface area contributed by atoms with Crippen LogP contribution in [-0.2, 0) is 14.8 Å². The number of amides is 1. The van der Waals surface area contributed by atoms with Gasteiger partial charge in [0, 0.05) is 31.1 Å². The second-order valence-corrected chi connectivity index (χ2v) is 7.81. The van der Waals surface area contributed by atoms with Crippen molar-refractivity contribution in [2.24, 2.45) is 0 Å². The van der Waals surface area contributed by atoms with E-state index in [2.05, 4.69) is 5.32 Å². The largest absolute Gasteiger partial charge is 0.481 e. The number of sulfonamides is 1. The number of hydrogen-bond acceptors (Lipinski definition) is 4. The van der Waals surface area contributed by atoms with Crippen LogP contribution in [0, 0.1) is 6.92 Å². The number of carbonyl (C=O) groups excluding carboxylic acids is 1. The number of aliphatic carboxylic acids is 1. The first-order valence-corrected chi connectivity index (χ1v) is 9.70. The highest BCUT2D eigenvalue weighted by Gasteiger charge is 2.23.